The standard InChI is InChI=1S/C12H11N3O/c1-8-11(10-6-4-3-5-7-10)14-15-12(8)16-9(2)13-15/h3-7H,1-2H3. The van der Waals surface area contributed by atoms with Crippen LogP contribution < -0.4 is 0 Å². The molecule has 16 heavy (non-hydrogen) atoms. The number of aromatic nitrogens is 3. The average Bonchev–Trinajstić information content (AvgIpc) is 2.79. The molecule has 3 aromatic rings. The molecule has 2 aromatic heterocycles. The Morgan fingerprint density at radius 1 is 1.06 bits per heavy atom. The Kier molecular flexibility index (Phi) is 1.83. The highest BCUT2D eigenvalue weighted by molar-refractivity contribution is 5.68. The van der Waals surface area contributed by atoms with Crippen LogP contribution in [0.2, 0.25) is 0 Å². The third-order valence-corrected chi connectivity index (χ3v) is 2.58. The van der Waals surface area contributed by atoms with Crippen LogP contribution in [0.5, 0.6) is 0 Å². The van der Waals surface area contributed by atoms with Crippen molar-refractivity contribution < 1.29 is 4.42 Å². The molecule has 1 aromatic carbocycles. The van der Waals surface area contributed by atoms with Crippen molar-refractivity contribution in [2.24, 2.45) is 0 Å². The van der Waals surface area contributed by atoms with Crippen molar-refractivity contribution in [1.82, 2.24) is 14.8 Å². The van der Waals surface area contributed by atoms with E-state index < -0.39 is 0 Å². The van der Waals surface area contributed by atoms with Gasteiger partial charge in [0.2, 0.25) is 11.6 Å². The quantitative estimate of drug-likeness (QED) is 0.624. The first-order chi connectivity index (χ1) is 7.75. The Labute approximate surface area is 92.5 Å². The predicted molar refractivity (Wildman–Crippen MR) is 60.2 cm³/mol. The van der Waals surface area contributed by atoms with Crippen LogP contribution in [0.1, 0.15) is 11.5 Å². The number of nitrogens with zero attached hydrogens (tertiary/aromatic N) is 3. The van der Waals surface area contributed by atoms with Crippen molar-refractivity contribution in [1.29, 1.82) is 0 Å². The third-order valence-electron chi connectivity index (χ3n) is 2.58. The minimum Gasteiger partial charge on any atom is -0.421 e. The van der Waals surface area contributed by atoms with Gasteiger partial charge in [0.05, 0.1) is 0 Å². The minimum atomic E-state index is 0.630. The molecule has 2 heterocycles. The number of benzene rings is 1. The lowest BCUT2D eigenvalue weighted by Crippen LogP contribution is -1.87. The molecule has 0 aliphatic carbocycles. The molecule has 0 aliphatic heterocycles. The monoisotopic (exact) mass is 213 g/mol. The SMILES string of the molecule is Cc1nn2nc(-c3ccccc3)c(C)c2o1. The maximum absolute atomic E-state index is 5.49. The van der Waals surface area contributed by atoms with Gasteiger partial charge in [-0.1, -0.05) is 30.3 Å². The first kappa shape index (κ1) is 9.15. The van der Waals surface area contributed by atoms with E-state index in [-0.39, 0.29) is 0 Å². The van der Waals surface area contributed by atoms with Gasteiger partial charge in [-0.25, -0.2) is 0 Å². The summed E-state index contributed by atoms with van der Waals surface area (Å²) in [5, 5.41) is 8.57. The zero-order valence-electron chi connectivity index (χ0n) is 9.14. The summed E-state index contributed by atoms with van der Waals surface area (Å²) >= 11 is 0. The molecule has 0 saturated heterocycles. The second kappa shape index (κ2) is 3.20. The normalized spacial score (nSPS) is 11.1. The molecule has 4 nitrogen and oxygen atoms in total. The third kappa shape index (κ3) is 1.23. The van der Waals surface area contributed by atoms with Crippen molar-refractivity contribution in [2.75, 3.05) is 0 Å². The van der Waals surface area contributed by atoms with Crippen molar-refractivity contribution >= 4 is 5.71 Å². The van der Waals surface area contributed by atoms with Gasteiger partial charge in [0.25, 0.3) is 0 Å². The number of hydrogen-bond donors (Lipinski definition) is 0. The van der Waals surface area contributed by atoms with Crippen LogP contribution in [0, 0.1) is 13.8 Å². The Bertz CT molecular complexity index is 637. The Hall–Kier alpha value is -2.10. The summed E-state index contributed by atoms with van der Waals surface area (Å²) in [5.41, 5.74) is 3.74. The van der Waals surface area contributed by atoms with Crippen LogP contribution >= 0.6 is 0 Å². The van der Waals surface area contributed by atoms with Crippen molar-refractivity contribution in [2.45, 2.75) is 13.8 Å². The van der Waals surface area contributed by atoms with Crippen LogP contribution in [-0.4, -0.2) is 14.8 Å². The summed E-state index contributed by atoms with van der Waals surface area (Å²) in [5.74, 6) is 0.630. The molecule has 0 fully saturated rings. The molecule has 0 saturated carbocycles. The van der Waals surface area contributed by atoms with Crippen molar-refractivity contribution in [3.63, 3.8) is 0 Å². The van der Waals surface area contributed by atoms with Crippen LogP contribution in [0.3, 0.4) is 0 Å². The van der Waals surface area contributed by atoms with Gasteiger partial charge in [0.15, 0.2) is 0 Å². The minimum absolute atomic E-state index is 0.630. The van der Waals surface area contributed by atoms with E-state index in [9.17, 15) is 0 Å². The van der Waals surface area contributed by atoms with E-state index in [1.54, 1.807) is 4.63 Å². The van der Waals surface area contributed by atoms with E-state index in [1.807, 2.05) is 44.2 Å². The summed E-state index contributed by atoms with van der Waals surface area (Å²) in [7, 11) is 0. The fourth-order valence-corrected chi connectivity index (χ4v) is 1.82. The van der Waals surface area contributed by atoms with Gasteiger partial charge < -0.3 is 4.42 Å². The summed E-state index contributed by atoms with van der Waals surface area (Å²) in [4.78, 5) is 0. The first-order valence-electron chi connectivity index (χ1n) is 5.14. The zero-order chi connectivity index (χ0) is 11.1. The van der Waals surface area contributed by atoms with Gasteiger partial charge >= 0.3 is 0 Å². The van der Waals surface area contributed by atoms with Crippen LogP contribution in [0.25, 0.3) is 17.0 Å². The fourth-order valence-electron chi connectivity index (χ4n) is 1.82. The molecule has 0 unspecified atom stereocenters. The molecule has 4 heteroatoms. The average molecular weight is 213 g/mol. The van der Waals surface area contributed by atoms with Gasteiger partial charge in [-0.15, -0.1) is 14.8 Å². The molecule has 0 aliphatic rings. The number of hydrogen-bond acceptors (Lipinski definition) is 3. The largest absolute Gasteiger partial charge is 0.421 e. The van der Waals surface area contributed by atoms with Crippen LogP contribution in [0.4, 0.5) is 0 Å². The Morgan fingerprint density at radius 2 is 1.81 bits per heavy atom. The van der Waals surface area contributed by atoms with E-state index in [1.165, 1.54) is 0 Å². The number of rotatable bonds is 1. The summed E-state index contributed by atoms with van der Waals surface area (Å²) in [6.45, 7) is 3.81. The lowest BCUT2D eigenvalue weighted by atomic mass is 10.1. The van der Waals surface area contributed by atoms with Crippen molar-refractivity contribution in [3.05, 3.63) is 41.8 Å². The molecule has 3 rings (SSSR count). The fraction of sp³-hybridized carbons (Fsp3) is 0.167. The maximum Gasteiger partial charge on any atom is 0.245 e. The second-order valence-electron chi connectivity index (χ2n) is 3.76. The molecule has 0 spiro atoms. The lowest BCUT2D eigenvalue weighted by molar-refractivity contribution is 0.559. The predicted octanol–water partition coefficient (Wildman–Crippen LogP) is 2.61. The Morgan fingerprint density at radius 3 is 2.50 bits per heavy atom. The van der Waals surface area contributed by atoms with Gasteiger partial charge in [-0.05, 0) is 6.92 Å². The summed E-state index contributed by atoms with van der Waals surface area (Å²) in [6.07, 6.45) is 0. The van der Waals surface area contributed by atoms with Crippen molar-refractivity contribution in [3.8, 4) is 11.3 Å². The van der Waals surface area contributed by atoms with E-state index in [0.717, 1.165) is 22.5 Å². The summed E-state index contributed by atoms with van der Waals surface area (Å²) < 4.78 is 7.04. The molecular formula is C12H11N3O. The molecule has 0 bridgehead atoms. The zero-order valence-corrected chi connectivity index (χ0v) is 9.14. The molecule has 80 valence electrons. The Balaban J connectivity index is 2.25. The van der Waals surface area contributed by atoms with Gasteiger partial charge in [0, 0.05) is 18.1 Å². The van der Waals surface area contributed by atoms with E-state index >= 15 is 0 Å². The van der Waals surface area contributed by atoms with E-state index in [0.29, 0.717) is 5.89 Å². The first-order valence-corrected chi connectivity index (χ1v) is 5.14. The molecule has 0 N–H and O–H groups in total. The highest BCUT2D eigenvalue weighted by Gasteiger charge is 2.14. The highest BCUT2D eigenvalue weighted by Crippen LogP contribution is 2.25. The van der Waals surface area contributed by atoms with Crippen LogP contribution in [-0.2, 0) is 0 Å². The second-order valence-corrected chi connectivity index (χ2v) is 3.76. The topological polar surface area (TPSA) is 43.3 Å². The number of fused-ring (bicyclic) bond motifs is 1. The van der Waals surface area contributed by atoms with Gasteiger partial charge in [0.1, 0.15) is 5.69 Å². The highest BCUT2D eigenvalue weighted by atomic mass is 16.4. The molecule has 0 radical (unpaired) electrons. The van der Waals surface area contributed by atoms with E-state index in [2.05, 4.69) is 10.2 Å². The maximum atomic E-state index is 5.49. The molecular weight excluding hydrogens is 202 g/mol. The smallest absolute Gasteiger partial charge is 0.245 e. The van der Waals surface area contributed by atoms with Gasteiger partial charge in [-0.3, -0.25) is 0 Å². The van der Waals surface area contributed by atoms with Crippen LogP contribution in [0.15, 0.2) is 34.7 Å². The molecule has 0 atom stereocenters. The molecule has 0 amide bonds. The van der Waals surface area contributed by atoms with E-state index in [4.69, 9.17) is 4.42 Å². The number of aryl methyl sites for hydroxylation is 2. The lowest BCUT2D eigenvalue weighted by Gasteiger charge is -1.96. The van der Waals surface area contributed by atoms with Gasteiger partial charge in [-0.2, -0.15) is 0 Å². The summed E-state index contributed by atoms with van der Waals surface area (Å²) in [6, 6.07) is 10.0.